The van der Waals surface area contributed by atoms with Crippen molar-refractivity contribution in [3.8, 4) is 0 Å². The van der Waals surface area contributed by atoms with E-state index in [1.54, 1.807) is 0 Å². The Morgan fingerprint density at radius 2 is 1.88 bits per heavy atom. The number of hydrogen-bond donors (Lipinski definition) is 4. The highest BCUT2D eigenvalue weighted by atomic mass is 16.7. The van der Waals surface area contributed by atoms with E-state index < -0.39 is 36.0 Å². The summed E-state index contributed by atoms with van der Waals surface area (Å²) in [5, 5.41) is 31.4. The van der Waals surface area contributed by atoms with Crippen LogP contribution in [-0.2, 0) is 14.3 Å². The van der Waals surface area contributed by atoms with Crippen LogP contribution >= 0.6 is 0 Å². The molecule has 2 fully saturated rings. The number of epoxide rings is 1. The maximum absolute atomic E-state index is 12.2. The first-order chi connectivity index (χ1) is 12.4. The Kier molecular flexibility index (Phi) is 7.76. The zero-order valence-corrected chi connectivity index (χ0v) is 15.4. The standard InChI is InChI=1S/C19H31NO6/c1-2-3-4-5-6-7-8-9-14-15(26-14)10-11-16(22)19(25)17(23)13(12-21)20-18(19)24/h10-11,13-15,17,21,23,25H,2-9,12H2,1H3,(H,20,24)/b11-10+/t13-,14-,15-,17-,19+/m0/s1/i2+1,4+1,6+1,8+1,10+1,14+1,16+1,18+1. The number of aliphatic hydroxyl groups excluding tert-OH is 2. The van der Waals surface area contributed by atoms with Gasteiger partial charge in [0.2, 0.25) is 5.60 Å². The van der Waals surface area contributed by atoms with Gasteiger partial charge in [-0.3, -0.25) is 9.59 Å². The Labute approximate surface area is 154 Å². The highest BCUT2D eigenvalue weighted by Crippen LogP contribution is 2.30. The molecule has 0 spiro atoms. The Hall–Kier alpha value is -1.28. The summed E-state index contributed by atoms with van der Waals surface area (Å²) in [4.78, 5) is 24.0. The molecule has 0 aromatic carbocycles. The maximum Gasteiger partial charge on any atom is 0.263 e. The maximum atomic E-state index is 12.2. The fraction of sp³-hybridized carbons (Fsp3) is 0.789. The van der Waals surface area contributed by atoms with E-state index in [4.69, 9.17) is 9.84 Å². The number of aliphatic hydroxyl groups is 3. The smallest absolute Gasteiger partial charge is 0.263 e. The van der Waals surface area contributed by atoms with E-state index >= 15 is 0 Å². The van der Waals surface area contributed by atoms with E-state index in [2.05, 4.69) is 12.2 Å². The molecule has 0 aromatic rings. The van der Waals surface area contributed by atoms with Crippen LogP contribution in [0.25, 0.3) is 0 Å². The molecule has 2 saturated heterocycles. The minimum atomic E-state index is -2.55. The number of ketones is 1. The van der Waals surface area contributed by atoms with Gasteiger partial charge in [0.25, 0.3) is 5.91 Å². The van der Waals surface area contributed by atoms with Crippen LogP contribution in [0.1, 0.15) is 58.3 Å². The van der Waals surface area contributed by atoms with Crippen molar-refractivity contribution in [1.82, 2.24) is 5.32 Å². The molecule has 7 nitrogen and oxygen atoms in total. The van der Waals surface area contributed by atoms with Crippen LogP contribution in [0.15, 0.2) is 12.2 Å². The second kappa shape index (κ2) is 9.60. The van der Waals surface area contributed by atoms with E-state index in [9.17, 15) is 19.8 Å². The van der Waals surface area contributed by atoms with Gasteiger partial charge < -0.3 is 25.4 Å². The molecule has 7 heteroatoms. The van der Waals surface area contributed by atoms with Crippen molar-refractivity contribution in [3.63, 3.8) is 0 Å². The molecule has 2 rings (SSSR count). The normalized spacial score (nSPS) is 33.6. The van der Waals surface area contributed by atoms with E-state index in [0.29, 0.717) is 0 Å². The first-order valence-electron chi connectivity index (χ1n) is 9.65. The highest BCUT2D eigenvalue weighted by Gasteiger charge is 2.58. The molecule has 0 aliphatic carbocycles. The molecule has 0 unspecified atom stereocenters. The Balaban J connectivity index is 1.69. The first-order valence-corrected chi connectivity index (χ1v) is 9.65. The van der Waals surface area contributed by atoms with E-state index in [1.165, 1.54) is 44.6 Å². The molecule has 1 amide bonds. The highest BCUT2D eigenvalue weighted by molar-refractivity contribution is 6.16. The fourth-order valence-corrected chi connectivity index (χ4v) is 3.36. The van der Waals surface area contributed by atoms with Gasteiger partial charge in [0, 0.05) is 0 Å². The number of amides is 1. The lowest BCUT2D eigenvalue weighted by Crippen LogP contribution is -2.52. The van der Waals surface area contributed by atoms with E-state index in [0.717, 1.165) is 18.9 Å². The Morgan fingerprint density at radius 3 is 2.50 bits per heavy atom. The fourth-order valence-electron chi connectivity index (χ4n) is 3.36. The molecule has 2 aliphatic heterocycles. The lowest BCUT2D eigenvalue weighted by Gasteiger charge is -2.21. The predicted octanol–water partition coefficient (Wildman–Crippen LogP) is 0.603. The monoisotopic (exact) mass is 377 g/mol. The van der Waals surface area contributed by atoms with Gasteiger partial charge in [0.1, 0.15) is 12.2 Å². The molecule has 148 valence electrons. The number of ether oxygens (including phenoxy) is 1. The number of carbonyl (C=O) groups is 2. The van der Waals surface area contributed by atoms with Gasteiger partial charge in [-0.25, -0.2) is 0 Å². The van der Waals surface area contributed by atoms with Gasteiger partial charge in [-0.15, -0.1) is 0 Å². The lowest BCUT2D eigenvalue weighted by atomic mass is 10.1. The van der Waals surface area contributed by atoms with Crippen molar-refractivity contribution >= 4 is 11.7 Å². The number of hydrogen-bond acceptors (Lipinski definition) is 6. The van der Waals surface area contributed by atoms with Crippen LogP contribution in [0.3, 0.4) is 0 Å². The number of carbonyl (C=O) groups excluding carboxylic acids is 2. The third-order valence-corrected chi connectivity index (χ3v) is 5.20. The van der Waals surface area contributed by atoms with Crippen LogP contribution < -0.4 is 5.32 Å². The van der Waals surface area contributed by atoms with E-state index in [1.807, 2.05) is 0 Å². The summed E-state index contributed by atoms with van der Waals surface area (Å²) in [5.41, 5.74) is -2.55. The van der Waals surface area contributed by atoms with Crippen molar-refractivity contribution in [3.05, 3.63) is 12.2 Å². The van der Waals surface area contributed by atoms with Gasteiger partial charge >= 0.3 is 0 Å². The summed E-state index contributed by atoms with van der Waals surface area (Å²) in [7, 11) is 0. The van der Waals surface area contributed by atoms with Crippen molar-refractivity contribution in [2.75, 3.05) is 6.61 Å². The van der Waals surface area contributed by atoms with Crippen LogP contribution in [-0.4, -0.2) is 63.6 Å². The zero-order valence-electron chi connectivity index (χ0n) is 15.4. The largest absolute Gasteiger partial charge is 0.394 e. The molecule has 5 atom stereocenters. The van der Waals surface area contributed by atoms with Crippen molar-refractivity contribution in [1.29, 1.82) is 0 Å². The van der Waals surface area contributed by atoms with Gasteiger partial charge in [-0.1, -0.05) is 51.9 Å². The molecule has 0 saturated carbocycles. The van der Waals surface area contributed by atoms with Crippen molar-refractivity contribution in [2.24, 2.45) is 0 Å². The van der Waals surface area contributed by atoms with Gasteiger partial charge in [-0.2, -0.15) is 0 Å². The third kappa shape index (κ3) is 4.91. The molecule has 0 radical (unpaired) electrons. The molecule has 2 aliphatic rings. The lowest BCUT2D eigenvalue weighted by molar-refractivity contribution is -0.154. The molecular weight excluding hydrogens is 346 g/mol. The summed E-state index contributed by atoms with van der Waals surface area (Å²) in [6.45, 7) is 1.64. The Morgan fingerprint density at radius 1 is 1.23 bits per heavy atom. The Bertz CT molecular complexity index is 522. The molecule has 0 bridgehead atoms. The summed E-state index contributed by atoms with van der Waals surface area (Å²) in [6.07, 6.45) is 10.4. The zero-order chi connectivity index (χ0) is 19.2. The number of nitrogens with one attached hydrogen (secondary N) is 1. The number of unbranched alkanes of at least 4 members (excludes halogenated alkanes) is 6. The molecular formula is C19H31NO6. The second-order valence-corrected chi connectivity index (χ2v) is 7.25. The quantitative estimate of drug-likeness (QED) is 0.130. The van der Waals surface area contributed by atoms with Gasteiger partial charge in [-0.05, 0) is 18.6 Å². The SMILES string of the molecule is C[13CH2]C[13CH2]C[13CH2]C[13CH2]C[13C@@H]1O[C@H]1/[13CH]=C/[13C](=O)[C@@]1(O)[C@@H](O)[C@H](CO)N[13C]1=O. The summed E-state index contributed by atoms with van der Waals surface area (Å²) < 4.78 is 5.48. The first kappa shape index (κ1) is 21.0. The molecule has 0 aromatic heterocycles. The van der Waals surface area contributed by atoms with Crippen LogP contribution in [0.5, 0.6) is 0 Å². The predicted molar refractivity (Wildman–Crippen MR) is 95.4 cm³/mol. The van der Waals surface area contributed by atoms with Crippen LogP contribution in [0.4, 0.5) is 0 Å². The van der Waals surface area contributed by atoms with Crippen molar-refractivity contribution in [2.45, 2.75) is 88.2 Å². The van der Waals surface area contributed by atoms with Crippen molar-refractivity contribution < 1.29 is 29.6 Å². The van der Waals surface area contributed by atoms with Gasteiger partial charge in [0.05, 0.1) is 18.8 Å². The van der Waals surface area contributed by atoms with E-state index in [-0.39, 0.29) is 12.2 Å². The summed E-state index contributed by atoms with van der Waals surface area (Å²) in [6, 6.07) is -1.05. The van der Waals surface area contributed by atoms with Crippen LogP contribution in [0.2, 0.25) is 0 Å². The summed E-state index contributed by atoms with van der Waals surface area (Å²) in [5.74, 6) is -1.89. The minimum absolute atomic E-state index is 0.0804. The van der Waals surface area contributed by atoms with Crippen LogP contribution in [0, 0.1) is 0 Å². The average molecular weight is 377 g/mol. The van der Waals surface area contributed by atoms with Gasteiger partial charge in [0.15, 0.2) is 5.78 Å². The summed E-state index contributed by atoms with van der Waals surface area (Å²) >= 11 is 0. The average Bonchev–Trinajstić information content (AvgIpc) is 3.35. The molecule has 26 heavy (non-hydrogen) atoms. The topological polar surface area (TPSA) is 119 Å². The minimum Gasteiger partial charge on any atom is -0.394 e. The number of rotatable bonds is 12. The third-order valence-electron chi connectivity index (χ3n) is 5.20. The molecule has 4 N–H and O–H groups in total. The molecule has 2 heterocycles. The second-order valence-electron chi connectivity index (χ2n) is 7.25.